The van der Waals surface area contributed by atoms with Gasteiger partial charge in [-0.3, -0.25) is 15.5 Å². The number of rotatable bonds is 7. The molecule has 35 heavy (non-hydrogen) atoms. The van der Waals surface area contributed by atoms with Gasteiger partial charge in [-0.25, -0.2) is 4.68 Å². The van der Waals surface area contributed by atoms with Gasteiger partial charge in [0.1, 0.15) is 17.3 Å². The van der Waals surface area contributed by atoms with Gasteiger partial charge in [0, 0.05) is 22.4 Å². The Kier molecular flexibility index (Phi) is 8.02. The fourth-order valence-corrected chi connectivity index (χ4v) is 4.34. The van der Waals surface area contributed by atoms with Crippen molar-refractivity contribution in [2.45, 2.75) is 24.8 Å². The first-order valence-corrected chi connectivity index (χ1v) is 12.4. The minimum absolute atomic E-state index is 0.124. The number of aryl methyl sites for hydroxylation is 2. The Labute approximate surface area is 217 Å². The van der Waals surface area contributed by atoms with Gasteiger partial charge in [-0.15, -0.1) is 10.2 Å². The molecule has 0 unspecified atom stereocenters. The first-order chi connectivity index (χ1) is 16.9. The number of nitrogens with zero attached hydrogens (tertiary/aromatic N) is 3. The fraction of sp³-hybridized carbons (Fsp3) is 0.120. The van der Waals surface area contributed by atoms with E-state index >= 15 is 0 Å². The summed E-state index contributed by atoms with van der Waals surface area (Å²) in [5.74, 6) is 2.13. The third-order valence-electron chi connectivity index (χ3n) is 4.94. The second-order valence-corrected chi connectivity index (χ2v) is 9.33. The zero-order valence-corrected chi connectivity index (χ0v) is 21.4. The van der Waals surface area contributed by atoms with Crippen molar-refractivity contribution in [2.75, 3.05) is 5.43 Å². The van der Waals surface area contributed by atoms with Gasteiger partial charge in [-0.2, -0.15) is 0 Å². The zero-order chi connectivity index (χ0) is 24.8. The quantitative estimate of drug-likeness (QED) is 0.181. The van der Waals surface area contributed by atoms with Crippen LogP contribution in [0.15, 0.2) is 76.3 Å². The summed E-state index contributed by atoms with van der Waals surface area (Å²) >= 11 is 13.0. The van der Waals surface area contributed by atoms with E-state index in [1.54, 1.807) is 23.7 Å². The average molecular weight is 524 g/mol. The molecule has 2 aromatic heterocycles. The first kappa shape index (κ1) is 24.7. The number of nitrogens with one attached hydrogen (secondary N) is 2. The van der Waals surface area contributed by atoms with Gasteiger partial charge < -0.3 is 4.42 Å². The topological polar surface area (TPSA) is 85.0 Å². The lowest BCUT2D eigenvalue weighted by Crippen LogP contribution is -2.37. The minimum atomic E-state index is -0.400. The van der Waals surface area contributed by atoms with E-state index in [9.17, 15) is 4.79 Å². The number of amides is 1. The third kappa shape index (κ3) is 6.60. The Morgan fingerprint density at radius 3 is 2.71 bits per heavy atom. The number of hydrogen-bond donors (Lipinski definition) is 2. The molecule has 7 nitrogen and oxygen atoms in total. The number of carbonyl (C=O) groups excluding carboxylic acids is 1. The molecule has 10 heteroatoms. The van der Waals surface area contributed by atoms with Crippen LogP contribution in [0.5, 0.6) is 0 Å². The van der Waals surface area contributed by atoms with Crippen molar-refractivity contribution in [3.63, 3.8) is 0 Å². The monoisotopic (exact) mass is 523 g/mol. The standard InChI is InChI=1S/C25H22ClN5O2S2/c1-16-8-9-19(14-21(16)26)22-12-10-20(33-22)11-13-23(32)27-24(34)30-31-17(2)28-29-25(31)35-15-18-6-4-3-5-7-18/h3-14H,15H2,1-2H3,(H2,27,30,32,34)/b13-11+. The van der Waals surface area contributed by atoms with Crippen molar-refractivity contribution in [1.29, 1.82) is 0 Å². The van der Waals surface area contributed by atoms with Gasteiger partial charge in [0.2, 0.25) is 11.1 Å². The number of benzene rings is 2. The van der Waals surface area contributed by atoms with Crippen LogP contribution in [0.3, 0.4) is 0 Å². The third-order valence-corrected chi connectivity index (χ3v) is 6.54. The molecule has 4 rings (SSSR count). The number of halogens is 1. The number of hydrogen-bond acceptors (Lipinski definition) is 6. The number of furan rings is 1. The van der Waals surface area contributed by atoms with Crippen LogP contribution in [-0.4, -0.2) is 25.9 Å². The van der Waals surface area contributed by atoms with E-state index in [1.807, 2.05) is 61.5 Å². The van der Waals surface area contributed by atoms with Crippen molar-refractivity contribution in [3.05, 3.63) is 94.5 Å². The van der Waals surface area contributed by atoms with E-state index in [0.717, 1.165) is 22.4 Å². The van der Waals surface area contributed by atoms with Crippen LogP contribution in [0.4, 0.5) is 0 Å². The van der Waals surface area contributed by atoms with Crippen molar-refractivity contribution < 1.29 is 9.21 Å². The van der Waals surface area contributed by atoms with Crippen LogP contribution in [0.2, 0.25) is 5.02 Å². The van der Waals surface area contributed by atoms with Gasteiger partial charge in [0.05, 0.1) is 0 Å². The molecular formula is C25H22ClN5O2S2. The largest absolute Gasteiger partial charge is 0.457 e. The molecule has 0 aliphatic heterocycles. The molecule has 1 amide bonds. The molecule has 0 atom stereocenters. The van der Waals surface area contributed by atoms with Crippen LogP contribution in [0, 0.1) is 13.8 Å². The number of aromatic nitrogens is 3. The molecule has 0 bridgehead atoms. The van der Waals surface area contributed by atoms with Crippen LogP contribution >= 0.6 is 35.6 Å². The summed E-state index contributed by atoms with van der Waals surface area (Å²) in [6.07, 6.45) is 2.92. The average Bonchev–Trinajstić information content (AvgIpc) is 3.46. The van der Waals surface area contributed by atoms with Gasteiger partial charge in [0.15, 0.2) is 5.11 Å². The minimum Gasteiger partial charge on any atom is -0.457 e. The Morgan fingerprint density at radius 1 is 1.14 bits per heavy atom. The maximum Gasteiger partial charge on any atom is 0.250 e. The van der Waals surface area contributed by atoms with Gasteiger partial charge in [-0.1, -0.05) is 65.8 Å². The van der Waals surface area contributed by atoms with Gasteiger partial charge in [0.25, 0.3) is 0 Å². The van der Waals surface area contributed by atoms with E-state index in [0.29, 0.717) is 27.5 Å². The number of thiocarbonyl (C=S) groups is 1. The van der Waals surface area contributed by atoms with Crippen LogP contribution in [0.1, 0.15) is 22.7 Å². The molecule has 2 aromatic carbocycles. The Hall–Kier alpha value is -3.40. The highest BCUT2D eigenvalue weighted by molar-refractivity contribution is 7.98. The first-order valence-electron chi connectivity index (χ1n) is 10.6. The highest BCUT2D eigenvalue weighted by Gasteiger charge is 2.12. The molecule has 0 saturated heterocycles. The molecule has 0 aliphatic rings. The van der Waals surface area contributed by atoms with E-state index in [-0.39, 0.29) is 5.11 Å². The second kappa shape index (κ2) is 11.4. The lowest BCUT2D eigenvalue weighted by atomic mass is 10.1. The molecule has 0 saturated carbocycles. The molecule has 178 valence electrons. The molecule has 0 fully saturated rings. The van der Waals surface area contributed by atoms with E-state index < -0.39 is 5.91 Å². The van der Waals surface area contributed by atoms with E-state index in [2.05, 4.69) is 20.9 Å². The SMILES string of the molecule is Cc1ccc(-c2ccc(/C=C/C(=O)NC(=S)Nn3c(C)nnc3SCc3ccccc3)o2)cc1Cl. The van der Waals surface area contributed by atoms with Crippen LogP contribution < -0.4 is 10.7 Å². The maximum absolute atomic E-state index is 12.4. The smallest absolute Gasteiger partial charge is 0.250 e. The molecule has 4 aromatic rings. The van der Waals surface area contributed by atoms with E-state index in [1.165, 1.54) is 17.8 Å². The summed E-state index contributed by atoms with van der Waals surface area (Å²) in [6.45, 7) is 3.74. The van der Waals surface area contributed by atoms with Crippen molar-refractivity contribution in [3.8, 4) is 11.3 Å². The molecule has 0 aliphatic carbocycles. The molecule has 2 heterocycles. The van der Waals surface area contributed by atoms with Crippen molar-refractivity contribution in [1.82, 2.24) is 20.2 Å². The predicted molar refractivity (Wildman–Crippen MR) is 144 cm³/mol. The normalized spacial score (nSPS) is 11.1. The molecule has 2 N–H and O–H groups in total. The Morgan fingerprint density at radius 2 is 1.94 bits per heavy atom. The van der Waals surface area contributed by atoms with Crippen LogP contribution in [0.25, 0.3) is 17.4 Å². The molecular weight excluding hydrogens is 502 g/mol. The van der Waals surface area contributed by atoms with Gasteiger partial charge in [-0.05, 0) is 61.5 Å². The summed E-state index contributed by atoms with van der Waals surface area (Å²) in [5.41, 5.74) is 5.98. The summed E-state index contributed by atoms with van der Waals surface area (Å²) in [5, 5.41) is 12.3. The Bertz CT molecular complexity index is 1380. The lowest BCUT2D eigenvalue weighted by Gasteiger charge is -2.12. The maximum atomic E-state index is 12.4. The molecule has 0 radical (unpaired) electrons. The van der Waals surface area contributed by atoms with Crippen molar-refractivity contribution >= 4 is 52.7 Å². The Balaban J connectivity index is 1.33. The highest BCUT2D eigenvalue weighted by atomic mass is 35.5. The lowest BCUT2D eigenvalue weighted by molar-refractivity contribution is -0.115. The van der Waals surface area contributed by atoms with E-state index in [4.69, 9.17) is 28.2 Å². The van der Waals surface area contributed by atoms with Crippen LogP contribution in [-0.2, 0) is 10.5 Å². The summed E-state index contributed by atoms with van der Waals surface area (Å²) in [6, 6.07) is 19.4. The number of carbonyl (C=O) groups is 1. The van der Waals surface area contributed by atoms with Gasteiger partial charge >= 0.3 is 0 Å². The zero-order valence-electron chi connectivity index (χ0n) is 19.0. The summed E-state index contributed by atoms with van der Waals surface area (Å²) < 4.78 is 7.45. The summed E-state index contributed by atoms with van der Waals surface area (Å²) in [7, 11) is 0. The summed E-state index contributed by atoms with van der Waals surface area (Å²) in [4.78, 5) is 12.4. The highest BCUT2D eigenvalue weighted by Crippen LogP contribution is 2.27. The fourth-order valence-electron chi connectivity index (χ4n) is 3.07. The number of thioether (sulfide) groups is 1. The second-order valence-electron chi connectivity index (χ2n) is 7.57. The predicted octanol–water partition coefficient (Wildman–Crippen LogP) is 5.76. The molecule has 0 spiro atoms. The van der Waals surface area contributed by atoms with Crippen molar-refractivity contribution in [2.24, 2.45) is 0 Å².